The Morgan fingerprint density at radius 2 is 1.50 bits per heavy atom. The number of Topliss-reactive ketones (excluding diaryl/α,β-unsaturated/α-hetero) is 2. The van der Waals surface area contributed by atoms with Gasteiger partial charge in [-0.3, -0.25) is 14.4 Å². The molecule has 0 saturated heterocycles. The number of hydrogen-bond acceptors (Lipinski definition) is 3. The van der Waals surface area contributed by atoms with Gasteiger partial charge >= 0.3 is 0 Å². The molecule has 12 heavy (non-hydrogen) atoms. The Bertz CT molecular complexity index is 243. The maximum atomic E-state index is 10.3. The van der Waals surface area contributed by atoms with Gasteiger partial charge in [0.2, 0.25) is 11.6 Å². The van der Waals surface area contributed by atoms with Crippen LogP contribution in [0.15, 0.2) is 0 Å². The van der Waals surface area contributed by atoms with Crippen molar-refractivity contribution in [2.45, 2.75) is 19.8 Å². The van der Waals surface area contributed by atoms with E-state index in [1.807, 2.05) is 0 Å². The maximum Gasteiger partial charge on any atom is 0.300 e. The molecule has 0 bridgehead atoms. The fourth-order valence-electron chi connectivity index (χ4n) is 0.491. The topological polar surface area (TPSA) is 71.4 Å². The average molecular weight is 168 g/mol. The molecule has 0 aromatic rings. The zero-order chi connectivity index (χ0) is 9.56. The smallest absolute Gasteiger partial charge is 0.300 e. The summed E-state index contributed by atoms with van der Waals surface area (Å²) in [7, 11) is 0. The van der Waals surface area contributed by atoms with Gasteiger partial charge in [-0.2, -0.15) is 0 Å². The molecule has 0 spiro atoms. The van der Waals surface area contributed by atoms with Crippen LogP contribution in [0.25, 0.3) is 0 Å². The molecular weight excluding hydrogens is 160 g/mol. The van der Waals surface area contributed by atoms with E-state index in [2.05, 4.69) is 11.8 Å². The van der Waals surface area contributed by atoms with Gasteiger partial charge in [-0.25, -0.2) is 0 Å². The lowest BCUT2D eigenvalue weighted by atomic mass is 10.1. The molecule has 0 unspecified atom stereocenters. The Hall–Kier alpha value is -1.63. The predicted molar refractivity (Wildman–Crippen MR) is 40.3 cm³/mol. The van der Waals surface area contributed by atoms with Gasteiger partial charge in [0.25, 0.3) is 5.97 Å². The Morgan fingerprint density at radius 1 is 1.25 bits per heavy atom. The van der Waals surface area contributed by atoms with E-state index in [1.165, 1.54) is 0 Å². The fourth-order valence-corrected chi connectivity index (χ4v) is 0.491. The van der Waals surface area contributed by atoms with Crippen LogP contribution in [0, 0.1) is 11.8 Å². The first-order valence-corrected chi connectivity index (χ1v) is 3.29. The molecule has 0 atom stereocenters. The minimum absolute atomic E-state index is 0.121. The number of ketones is 2. The van der Waals surface area contributed by atoms with Gasteiger partial charge < -0.3 is 5.11 Å². The summed E-state index contributed by atoms with van der Waals surface area (Å²) >= 11 is 0. The Balaban J connectivity index is 0.000000261. The van der Waals surface area contributed by atoms with E-state index in [1.54, 1.807) is 0 Å². The maximum absolute atomic E-state index is 10.3. The number of hydrogen-bond donors (Lipinski definition) is 1. The molecule has 0 heterocycles. The van der Waals surface area contributed by atoms with E-state index >= 15 is 0 Å². The monoisotopic (exact) mass is 168 g/mol. The Morgan fingerprint density at radius 3 is 1.67 bits per heavy atom. The highest BCUT2D eigenvalue weighted by Crippen LogP contribution is 1.95. The number of carboxylic acids is 1. The van der Waals surface area contributed by atoms with Crippen LogP contribution in [0.2, 0.25) is 0 Å². The SMILES string of the molecule is CC(=O)O.O=C1C#CC(=O)CC1. The van der Waals surface area contributed by atoms with Crippen molar-refractivity contribution >= 4 is 17.5 Å². The van der Waals surface area contributed by atoms with Crippen LogP contribution in [-0.2, 0) is 14.4 Å². The van der Waals surface area contributed by atoms with E-state index in [0.29, 0.717) is 12.8 Å². The molecule has 1 aliphatic carbocycles. The average Bonchev–Trinajstić information content (AvgIpc) is 1.94. The molecule has 0 amide bonds. The van der Waals surface area contributed by atoms with Crippen LogP contribution in [-0.4, -0.2) is 22.6 Å². The predicted octanol–water partition coefficient (Wildman–Crippen LogP) is 0.0127. The van der Waals surface area contributed by atoms with Crippen molar-refractivity contribution in [3.05, 3.63) is 0 Å². The van der Waals surface area contributed by atoms with E-state index in [9.17, 15) is 9.59 Å². The lowest BCUT2D eigenvalue weighted by Gasteiger charge is -1.92. The van der Waals surface area contributed by atoms with Crippen LogP contribution in [0.4, 0.5) is 0 Å². The molecule has 64 valence electrons. The lowest BCUT2D eigenvalue weighted by Crippen LogP contribution is -2.05. The van der Waals surface area contributed by atoms with Gasteiger partial charge in [0, 0.05) is 19.8 Å². The fraction of sp³-hybridized carbons (Fsp3) is 0.375. The summed E-state index contributed by atoms with van der Waals surface area (Å²) in [5.74, 6) is 3.31. The summed E-state index contributed by atoms with van der Waals surface area (Å²) in [4.78, 5) is 29.6. The van der Waals surface area contributed by atoms with Crippen molar-refractivity contribution in [1.29, 1.82) is 0 Å². The van der Waals surface area contributed by atoms with Crippen molar-refractivity contribution < 1.29 is 19.5 Å². The number of carbonyl (C=O) groups excluding carboxylic acids is 2. The van der Waals surface area contributed by atoms with Gasteiger partial charge in [0.1, 0.15) is 0 Å². The molecule has 0 aromatic heterocycles. The van der Waals surface area contributed by atoms with Crippen LogP contribution in [0.1, 0.15) is 19.8 Å². The first-order valence-electron chi connectivity index (χ1n) is 3.29. The summed E-state index contributed by atoms with van der Waals surface area (Å²) < 4.78 is 0. The Kier molecular flexibility index (Phi) is 4.39. The van der Waals surface area contributed by atoms with E-state index < -0.39 is 5.97 Å². The number of rotatable bonds is 0. The van der Waals surface area contributed by atoms with Crippen molar-refractivity contribution in [3.63, 3.8) is 0 Å². The van der Waals surface area contributed by atoms with Crippen LogP contribution in [0.5, 0.6) is 0 Å². The van der Waals surface area contributed by atoms with Crippen molar-refractivity contribution in [1.82, 2.24) is 0 Å². The first-order chi connectivity index (χ1) is 5.52. The second-order valence-corrected chi connectivity index (χ2v) is 2.12. The van der Waals surface area contributed by atoms with Gasteiger partial charge in [-0.1, -0.05) is 0 Å². The third-order valence-electron chi connectivity index (χ3n) is 0.920. The molecule has 0 aromatic carbocycles. The largest absolute Gasteiger partial charge is 0.481 e. The molecule has 4 heteroatoms. The standard InChI is InChI=1S/C6H4O2.C2H4O2/c7-5-1-2-6(8)4-3-5;1-2(3)4/h1-2H2;1H3,(H,3,4). The van der Waals surface area contributed by atoms with Gasteiger partial charge in [0.15, 0.2) is 0 Å². The highest BCUT2D eigenvalue weighted by atomic mass is 16.4. The molecule has 1 aliphatic rings. The van der Waals surface area contributed by atoms with Crippen molar-refractivity contribution in [2.75, 3.05) is 0 Å². The van der Waals surface area contributed by atoms with Gasteiger partial charge in [-0.05, 0) is 11.8 Å². The second-order valence-electron chi connectivity index (χ2n) is 2.12. The summed E-state index contributed by atoms with van der Waals surface area (Å²) in [6.07, 6.45) is 0.623. The summed E-state index contributed by atoms with van der Waals surface area (Å²) in [5, 5.41) is 7.42. The Labute approximate surface area is 69.6 Å². The molecule has 4 nitrogen and oxygen atoms in total. The van der Waals surface area contributed by atoms with Crippen LogP contribution in [0.3, 0.4) is 0 Å². The lowest BCUT2D eigenvalue weighted by molar-refractivity contribution is -0.134. The zero-order valence-corrected chi connectivity index (χ0v) is 6.59. The minimum Gasteiger partial charge on any atom is -0.481 e. The normalized spacial score (nSPS) is 13.8. The summed E-state index contributed by atoms with van der Waals surface area (Å²) in [6.45, 7) is 1.08. The van der Waals surface area contributed by atoms with E-state index in [4.69, 9.17) is 9.90 Å². The van der Waals surface area contributed by atoms with Crippen molar-refractivity contribution in [2.24, 2.45) is 0 Å². The minimum atomic E-state index is -0.833. The molecule has 0 saturated carbocycles. The molecule has 0 aliphatic heterocycles. The highest BCUT2D eigenvalue weighted by molar-refractivity contribution is 6.09. The second kappa shape index (κ2) is 5.08. The first kappa shape index (κ1) is 10.4. The zero-order valence-electron chi connectivity index (χ0n) is 6.59. The molecule has 0 radical (unpaired) electrons. The molecule has 1 N–H and O–H groups in total. The summed E-state index contributed by atoms with van der Waals surface area (Å²) in [5.41, 5.74) is 0. The number of aliphatic carboxylic acids is 1. The van der Waals surface area contributed by atoms with E-state index in [0.717, 1.165) is 6.92 Å². The van der Waals surface area contributed by atoms with Crippen LogP contribution < -0.4 is 0 Å². The van der Waals surface area contributed by atoms with E-state index in [-0.39, 0.29) is 11.6 Å². The van der Waals surface area contributed by atoms with Gasteiger partial charge in [-0.15, -0.1) is 0 Å². The van der Waals surface area contributed by atoms with Crippen LogP contribution >= 0.6 is 0 Å². The van der Waals surface area contributed by atoms with Crippen molar-refractivity contribution in [3.8, 4) is 11.8 Å². The molecule has 0 fully saturated rings. The van der Waals surface area contributed by atoms with Gasteiger partial charge in [0.05, 0.1) is 0 Å². The summed E-state index contributed by atoms with van der Waals surface area (Å²) in [6, 6.07) is 0. The molecular formula is C8H8O4. The quantitative estimate of drug-likeness (QED) is 0.408. The highest BCUT2D eigenvalue weighted by Gasteiger charge is 2.06. The third-order valence-corrected chi connectivity index (χ3v) is 0.920. The number of carboxylic acid groups (broad SMARTS) is 1. The molecule has 1 rings (SSSR count). The third kappa shape index (κ3) is 6.49. The number of carbonyl (C=O) groups is 3.